The first-order valence-electron chi connectivity index (χ1n) is 15.3. The van der Waals surface area contributed by atoms with E-state index in [2.05, 4.69) is 6.07 Å². The van der Waals surface area contributed by atoms with Crippen LogP contribution in [0, 0.1) is 6.07 Å². The van der Waals surface area contributed by atoms with Crippen LogP contribution in [0.4, 0.5) is 0 Å². The van der Waals surface area contributed by atoms with E-state index in [1.54, 1.807) is 0 Å². The zero-order valence-electron chi connectivity index (χ0n) is 25.5. The highest BCUT2D eigenvalue weighted by molar-refractivity contribution is 5.65. The Hall–Kier alpha value is -5.68. The van der Waals surface area contributed by atoms with Crippen LogP contribution in [0.1, 0.15) is 27.8 Å². The van der Waals surface area contributed by atoms with E-state index in [9.17, 15) is 0 Å². The molecule has 0 heterocycles. The third-order valence-corrected chi connectivity index (χ3v) is 7.18. The molecule has 229 valence electrons. The highest BCUT2D eigenvalue weighted by Gasteiger charge is 2.26. The lowest BCUT2D eigenvalue weighted by atomic mass is 10.2. The molecule has 0 saturated carbocycles. The molecule has 0 N–H and O–H groups in total. The first-order valence-corrected chi connectivity index (χ1v) is 15.3. The zero-order valence-corrected chi connectivity index (χ0v) is 25.5. The molecule has 6 rings (SSSR count). The van der Waals surface area contributed by atoms with Gasteiger partial charge in [0.1, 0.15) is 33.0 Å². The zero-order chi connectivity index (χ0) is 31.2. The van der Waals surface area contributed by atoms with E-state index in [1.165, 1.54) is 0 Å². The highest BCUT2D eigenvalue weighted by atomic mass is 16.6. The molecule has 0 saturated heterocycles. The topological polar surface area (TPSA) is 46.2 Å². The molecule has 0 bridgehead atoms. The molecule has 0 aromatic heterocycles. The van der Waals surface area contributed by atoms with Gasteiger partial charge in [0.15, 0.2) is 11.5 Å². The maximum Gasteiger partial charge on any atom is 0.211 e. The number of hydrogen-bond acceptors (Lipinski definition) is 5. The summed E-state index contributed by atoms with van der Waals surface area (Å²) in [7, 11) is 0. The Morgan fingerprint density at radius 1 is 0.283 bits per heavy atom. The van der Waals surface area contributed by atoms with Crippen molar-refractivity contribution in [3.05, 3.63) is 186 Å². The fourth-order valence-corrected chi connectivity index (χ4v) is 4.77. The Labute approximate surface area is 270 Å². The quantitative estimate of drug-likeness (QED) is 0.116. The maximum absolute atomic E-state index is 6.59. The van der Waals surface area contributed by atoms with Crippen LogP contribution in [0.2, 0.25) is 0 Å². The monoisotopic (exact) mass is 607 g/mol. The van der Waals surface area contributed by atoms with E-state index in [0.717, 1.165) is 27.8 Å². The van der Waals surface area contributed by atoms with Crippen LogP contribution >= 0.6 is 0 Å². The van der Waals surface area contributed by atoms with E-state index in [4.69, 9.17) is 23.7 Å². The van der Waals surface area contributed by atoms with Crippen molar-refractivity contribution in [1.82, 2.24) is 0 Å². The third kappa shape index (κ3) is 8.48. The van der Waals surface area contributed by atoms with Gasteiger partial charge < -0.3 is 23.7 Å². The van der Waals surface area contributed by atoms with Crippen LogP contribution < -0.4 is 23.7 Å². The van der Waals surface area contributed by atoms with Crippen LogP contribution in [0.25, 0.3) is 0 Å². The van der Waals surface area contributed by atoms with E-state index in [-0.39, 0.29) is 6.61 Å². The lowest BCUT2D eigenvalue weighted by Gasteiger charge is -2.23. The summed E-state index contributed by atoms with van der Waals surface area (Å²) in [5.41, 5.74) is 5.01. The highest BCUT2D eigenvalue weighted by Crippen LogP contribution is 2.51. The van der Waals surface area contributed by atoms with Crippen molar-refractivity contribution in [3.8, 4) is 28.7 Å². The molecule has 1 radical (unpaired) electrons. The van der Waals surface area contributed by atoms with Crippen molar-refractivity contribution in [2.24, 2.45) is 0 Å². The maximum atomic E-state index is 6.59. The predicted octanol–water partition coefficient (Wildman–Crippen LogP) is 9.38. The first-order chi connectivity index (χ1) is 22.8. The smallest absolute Gasteiger partial charge is 0.211 e. The summed E-state index contributed by atoms with van der Waals surface area (Å²) in [5, 5.41) is 0. The molecule has 6 aromatic rings. The van der Waals surface area contributed by atoms with Gasteiger partial charge in [0.05, 0.1) is 6.07 Å². The van der Waals surface area contributed by atoms with Gasteiger partial charge in [0, 0.05) is 0 Å². The molecule has 0 fully saturated rings. The molecule has 0 aliphatic heterocycles. The molecule has 6 aromatic carbocycles. The number of hydrogen-bond donors (Lipinski definition) is 0. The summed E-state index contributed by atoms with van der Waals surface area (Å²) in [6, 6.07) is 53.3. The van der Waals surface area contributed by atoms with Crippen molar-refractivity contribution in [1.29, 1.82) is 0 Å². The van der Waals surface area contributed by atoms with Gasteiger partial charge in [-0.05, 0) is 27.8 Å². The molecule has 46 heavy (non-hydrogen) atoms. The molecule has 0 unspecified atom stereocenters. The molecule has 0 aliphatic rings. The Balaban J connectivity index is 1.43. The number of rotatable bonds is 15. The van der Waals surface area contributed by atoms with Gasteiger partial charge in [-0.15, -0.1) is 0 Å². The summed E-state index contributed by atoms with van der Waals surface area (Å²) >= 11 is 0. The van der Waals surface area contributed by atoms with Gasteiger partial charge in [-0.3, -0.25) is 0 Å². The Kier molecular flexibility index (Phi) is 10.5. The van der Waals surface area contributed by atoms with Crippen molar-refractivity contribution in [3.63, 3.8) is 0 Å². The molecule has 5 nitrogen and oxygen atoms in total. The average molecular weight is 608 g/mol. The standard InChI is InChI=1S/C41H35O5/c1-6-16-32(17-7-1)27-42-37-26-38(43-28-33-18-8-2-9-19-33)40(45-30-35-22-12-4-13-23-35)41(46-31-36-24-14-5-15-25-36)39(37)44-29-34-20-10-3-11-21-34/h1-25H,27-31H2. The molecular weight excluding hydrogens is 572 g/mol. The third-order valence-electron chi connectivity index (χ3n) is 7.18. The lowest BCUT2D eigenvalue weighted by molar-refractivity contribution is 0.200. The fraction of sp³-hybridized carbons (Fsp3) is 0.122. The summed E-state index contributed by atoms with van der Waals surface area (Å²) in [6.45, 7) is 1.48. The predicted molar refractivity (Wildman–Crippen MR) is 179 cm³/mol. The normalized spacial score (nSPS) is 10.6. The molecule has 5 heteroatoms. The van der Waals surface area contributed by atoms with Crippen molar-refractivity contribution in [2.45, 2.75) is 33.0 Å². The second-order valence-electron chi connectivity index (χ2n) is 10.6. The Bertz CT molecular complexity index is 1650. The van der Waals surface area contributed by atoms with E-state index >= 15 is 0 Å². The molecule has 0 amide bonds. The fourth-order valence-electron chi connectivity index (χ4n) is 4.77. The van der Waals surface area contributed by atoms with Crippen molar-refractivity contribution < 1.29 is 23.7 Å². The van der Waals surface area contributed by atoms with Gasteiger partial charge >= 0.3 is 0 Å². The van der Waals surface area contributed by atoms with E-state index in [0.29, 0.717) is 55.2 Å². The van der Waals surface area contributed by atoms with E-state index in [1.807, 2.05) is 152 Å². The lowest BCUT2D eigenvalue weighted by Crippen LogP contribution is -2.08. The summed E-state index contributed by atoms with van der Waals surface area (Å²) in [6.07, 6.45) is 0. The average Bonchev–Trinajstić information content (AvgIpc) is 3.13. The van der Waals surface area contributed by atoms with Crippen molar-refractivity contribution in [2.75, 3.05) is 0 Å². The second-order valence-corrected chi connectivity index (χ2v) is 10.6. The van der Waals surface area contributed by atoms with Crippen LogP contribution in [-0.4, -0.2) is 0 Å². The van der Waals surface area contributed by atoms with Crippen LogP contribution in [0.15, 0.2) is 152 Å². The summed E-state index contributed by atoms with van der Waals surface area (Å²) in [4.78, 5) is 0. The van der Waals surface area contributed by atoms with E-state index < -0.39 is 0 Å². The summed E-state index contributed by atoms with van der Waals surface area (Å²) < 4.78 is 32.5. The molecular formula is C41H35O5. The van der Waals surface area contributed by atoms with Gasteiger partial charge in [0.2, 0.25) is 17.2 Å². The second kappa shape index (κ2) is 15.9. The van der Waals surface area contributed by atoms with Crippen LogP contribution in [0.3, 0.4) is 0 Å². The van der Waals surface area contributed by atoms with Gasteiger partial charge in [0.25, 0.3) is 0 Å². The molecule has 0 atom stereocenters. The number of ether oxygens (including phenoxy) is 5. The Morgan fingerprint density at radius 3 is 0.804 bits per heavy atom. The largest absolute Gasteiger partial charge is 0.484 e. The van der Waals surface area contributed by atoms with Gasteiger partial charge in [-0.2, -0.15) is 0 Å². The summed E-state index contributed by atoms with van der Waals surface area (Å²) in [5.74, 6) is 1.92. The van der Waals surface area contributed by atoms with Crippen molar-refractivity contribution >= 4 is 0 Å². The molecule has 0 spiro atoms. The first kappa shape index (κ1) is 30.4. The molecule has 0 aliphatic carbocycles. The Morgan fingerprint density at radius 2 is 0.522 bits per heavy atom. The minimum absolute atomic E-state index is 0.282. The van der Waals surface area contributed by atoms with Crippen LogP contribution in [-0.2, 0) is 33.0 Å². The van der Waals surface area contributed by atoms with Gasteiger partial charge in [-0.1, -0.05) is 152 Å². The number of benzene rings is 6. The SMILES string of the molecule is [c]1c(OCc2ccccc2)c(OCc2ccccc2)c(OCc2ccccc2)c(OCc2ccccc2)c1OCc1ccccc1. The minimum atomic E-state index is 0.282. The van der Waals surface area contributed by atoms with Crippen LogP contribution in [0.5, 0.6) is 28.7 Å². The minimum Gasteiger partial charge on any atom is -0.484 e. The van der Waals surface area contributed by atoms with Gasteiger partial charge in [-0.25, -0.2) is 0 Å².